The van der Waals surface area contributed by atoms with Crippen LogP contribution in [0.5, 0.6) is 0 Å². The first kappa shape index (κ1) is 17.4. The number of aryl methyl sites for hydroxylation is 2. The van der Waals surface area contributed by atoms with Crippen molar-refractivity contribution in [3.8, 4) is 0 Å². The molecule has 26 heavy (non-hydrogen) atoms. The lowest BCUT2D eigenvalue weighted by molar-refractivity contribution is 0.399. The molecule has 0 aliphatic carbocycles. The van der Waals surface area contributed by atoms with Gasteiger partial charge in [0.05, 0.1) is 21.5 Å². The van der Waals surface area contributed by atoms with Crippen LogP contribution in [0.1, 0.15) is 37.5 Å². The molecule has 0 radical (unpaired) electrons. The molecular formula is C17H18ClN5O2S. The second-order valence-corrected chi connectivity index (χ2v) is 8.31. The van der Waals surface area contributed by atoms with Crippen LogP contribution in [-0.4, -0.2) is 28.2 Å². The van der Waals surface area contributed by atoms with Crippen molar-refractivity contribution in [1.29, 1.82) is 0 Å². The highest BCUT2D eigenvalue weighted by Crippen LogP contribution is 2.30. The fraction of sp³-hybridized carbons (Fsp3) is 0.353. The number of benzene rings is 1. The first-order valence-corrected chi connectivity index (χ1v) is 10.3. The summed E-state index contributed by atoms with van der Waals surface area (Å²) in [5, 5.41) is 5.35. The van der Waals surface area contributed by atoms with E-state index in [4.69, 9.17) is 11.6 Å². The summed E-state index contributed by atoms with van der Waals surface area (Å²) < 4.78 is 30.7. The van der Waals surface area contributed by atoms with E-state index in [9.17, 15) is 8.42 Å². The van der Waals surface area contributed by atoms with E-state index in [2.05, 4.69) is 19.8 Å². The molecule has 4 rings (SSSR count). The van der Waals surface area contributed by atoms with Gasteiger partial charge in [-0.15, -0.1) is 0 Å². The molecular weight excluding hydrogens is 374 g/mol. The molecule has 1 atom stereocenters. The van der Waals surface area contributed by atoms with E-state index in [1.165, 1.54) is 6.07 Å². The van der Waals surface area contributed by atoms with Crippen molar-refractivity contribution < 1.29 is 8.42 Å². The Morgan fingerprint density at radius 3 is 3.00 bits per heavy atom. The Morgan fingerprint density at radius 1 is 1.35 bits per heavy atom. The van der Waals surface area contributed by atoms with E-state index in [0.717, 1.165) is 18.8 Å². The van der Waals surface area contributed by atoms with Gasteiger partial charge in [-0.2, -0.15) is 5.10 Å². The van der Waals surface area contributed by atoms with E-state index in [-0.39, 0.29) is 4.90 Å². The molecule has 0 amide bonds. The predicted molar refractivity (Wildman–Crippen MR) is 98.4 cm³/mol. The van der Waals surface area contributed by atoms with Gasteiger partial charge in [0.2, 0.25) is 10.0 Å². The lowest BCUT2D eigenvalue weighted by Gasteiger charge is -2.23. The minimum atomic E-state index is -3.77. The highest BCUT2D eigenvalue weighted by atomic mass is 35.5. The third-order valence-corrected chi connectivity index (χ3v) is 6.34. The van der Waals surface area contributed by atoms with Crippen LogP contribution in [-0.2, 0) is 23.0 Å². The van der Waals surface area contributed by atoms with E-state index in [0.29, 0.717) is 34.6 Å². The second kappa shape index (κ2) is 6.61. The zero-order valence-electron chi connectivity index (χ0n) is 14.2. The third-order valence-electron chi connectivity index (χ3n) is 4.50. The summed E-state index contributed by atoms with van der Waals surface area (Å²) in [5.41, 5.74) is 0.470. The summed E-state index contributed by atoms with van der Waals surface area (Å²) in [6, 6.07) is 6.08. The van der Waals surface area contributed by atoms with Gasteiger partial charge in [-0.05, 0) is 37.1 Å². The fourth-order valence-corrected chi connectivity index (χ4v) is 4.90. The van der Waals surface area contributed by atoms with Gasteiger partial charge in [-0.1, -0.05) is 18.5 Å². The number of halogens is 1. The first-order chi connectivity index (χ1) is 12.5. The summed E-state index contributed by atoms with van der Waals surface area (Å²) in [7, 11) is -3.77. The molecule has 0 saturated heterocycles. The number of nitrogens with one attached hydrogen (secondary N) is 1. The van der Waals surface area contributed by atoms with E-state index in [1.807, 2.05) is 6.92 Å². The van der Waals surface area contributed by atoms with Crippen LogP contribution < -0.4 is 4.72 Å². The number of pyridine rings is 1. The monoisotopic (exact) mass is 391 g/mol. The topological polar surface area (TPSA) is 89.8 Å². The summed E-state index contributed by atoms with van der Waals surface area (Å²) in [4.78, 5) is 8.86. The number of fused-ring (bicyclic) bond motifs is 2. The SMILES string of the molecule is CCc1nc2n(n1)CCC[C@@H]2NS(=O)(=O)c1ccc(Cl)c2ncccc12. The Balaban J connectivity index is 1.74. The Bertz CT molecular complexity index is 1080. The molecule has 9 heteroatoms. The maximum Gasteiger partial charge on any atom is 0.241 e. The minimum absolute atomic E-state index is 0.164. The van der Waals surface area contributed by atoms with Crippen LogP contribution in [0.3, 0.4) is 0 Å². The zero-order valence-corrected chi connectivity index (χ0v) is 15.8. The van der Waals surface area contributed by atoms with Gasteiger partial charge in [0.25, 0.3) is 0 Å². The zero-order chi connectivity index (χ0) is 18.3. The van der Waals surface area contributed by atoms with E-state index >= 15 is 0 Å². The highest BCUT2D eigenvalue weighted by Gasteiger charge is 2.29. The van der Waals surface area contributed by atoms with Crippen molar-refractivity contribution in [3.05, 3.63) is 47.1 Å². The Morgan fingerprint density at radius 2 is 2.19 bits per heavy atom. The van der Waals surface area contributed by atoms with Crippen LogP contribution in [0.15, 0.2) is 35.4 Å². The second-order valence-electron chi connectivity index (χ2n) is 6.22. The molecule has 1 aliphatic rings. The third kappa shape index (κ3) is 2.98. The molecule has 0 fully saturated rings. The first-order valence-electron chi connectivity index (χ1n) is 8.49. The van der Waals surface area contributed by atoms with Gasteiger partial charge >= 0.3 is 0 Å². The Labute approximate surface area is 156 Å². The largest absolute Gasteiger partial charge is 0.255 e. The van der Waals surface area contributed by atoms with Gasteiger partial charge in [0, 0.05) is 24.5 Å². The van der Waals surface area contributed by atoms with Gasteiger partial charge in [-0.25, -0.2) is 22.8 Å². The van der Waals surface area contributed by atoms with Crippen molar-refractivity contribution in [2.45, 2.75) is 43.7 Å². The van der Waals surface area contributed by atoms with Gasteiger partial charge < -0.3 is 0 Å². The van der Waals surface area contributed by atoms with Gasteiger partial charge in [0.15, 0.2) is 5.82 Å². The molecule has 1 aromatic carbocycles. The van der Waals surface area contributed by atoms with Gasteiger partial charge in [0.1, 0.15) is 5.82 Å². The number of nitrogens with zero attached hydrogens (tertiary/aromatic N) is 4. The number of hydrogen-bond donors (Lipinski definition) is 1. The molecule has 2 aromatic heterocycles. The number of aromatic nitrogens is 4. The Kier molecular flexibility index (Phi) is 4.42. The van der Waals surface area contributed by atoms with Crippen molar-refractivity contribution >= 4 is 32.5 Å². The smallest absolute Gasteiger partial charge is 0.241 e. The molecule has 0 saturated carbocycles. The molecule has 136 valence electrons. The van der Waals surface area contributed by atoms with Gasteiger partial charge in [-0.3, -0.25) is 4.98 Å². The normalized spacial score (nSPS) is 17.4. The van der Waals surface area contributed by atoms with E-state index < -0.39 is 16.1 Å². The minimum Gasteiger partial charge on any atom is -0.255 e. The number of sulfonamides is 1. The van der Waals surface area contributed by atoms with E-state index in [1.54, 1.807) is 29.1 Å². The maximum atomic E-state index is 13.1. The molecule has 3 heterocycles. The predicted octanol–water partition coefficient (Wildman–Crippen LogP) is 2.86. The summed E-state index contributed by atoms with van der Waals surface area (Å²) in [5.74, 6) is 1.40. The maximum absolute atomic E-state index is 13.1. The molecule has 0 bridgehead atoms. The molecule has 1 aliphatic heterocycles. The quantitative estimate of drug-likeness (QED) is 0.738. The average molecular weight is 392 g/mol. The van der Waals surface area contributed by atoms with Crippen LogP contribution >= 0.6 is 11.6 Å². The Hall–Kier alpha value is -2.03. The molecule has 7 nitrogen and oxygen atoms in total. The molecule has 1 N–H and O–H groups in total. The lowest BCUT2D eigenvalue weighted by atomic mass is 10.1. The fourth-order valence-electron chi connectivity index (χ4n) is 3.26. The summed E-state index contributed by atoms with van der Waals surface area (Å²) in [6.45, 7) is 2.74. The number of hydrogen-bond acceptors (Lipinski definition) is 5. The summed E-state index contributed by atoms with van der Waals surface area (Å²) in [6.07, 6.45) is 3.83. The molecule has 3 aromatic rings. The van der Waals surface area contributed by atoms with Crippen LogP contribution in [0.4, 0.5) is 0 Å². The molecule has 0 spiro atoms. The highest BCUT2D eigenvalue weighted by molar-refractivity contribution is 7.89. The molecule has 0 unspecified atom stereocenters. The lowest BCUT2D eigenvalue weighted by Crippen LogP contribution is -2.33. The number of rotatable bonds is 4. The van der Waals surface area contributed by atoms with Crippen molar-refractivity contribution in [1.82, 2.24) is 24.5 Å². The summed E-state index contributed by atoms with van der Waals surface area (Å²) >= 11 is 6.16. The average Bonchev–Trinajstić information content (AvgIpc) is 3.06. The standard InChI is InChI=1S/C17H18ClN5O2S/c1-2-15-20-17-13(6-4-10-23(17)21-15)22-26(24,25)14-8-7-12(18)16-11(14)5-3-9-19-16/h3,5,7-9,13,22H,2,4,6,10H2,1H3/t13-/m0/s1. The van der Waals surface area contributed by atoms with Crippen molar-refractivity contribution in [3.63, 3.8) is 0 Å². The van der Waals surface area contributed by atoms with Crippen molar-refractivity contribution in [2.75, 3.05) is 0 Å². The van der Waals surface area contributed by atoms with Crippen molar-refractivity contribution in [2.24, 2.45) is 0 Å². The van der Waals surface area contributed by atoms with Crippen LogP contribution in [0.25, 0.3) is 10.9 Å². The van der Waals surface area contributed by atoms with Crippen LogP contribution in [0, 0.1) is 0 Å². The van der Waals surface area contributed by atoms with Crippen LogP contribution in [0.2, 0.25) is 5.02 Å².